The first-order valence-electron chi connectivity index (χ1n) is 6.15. The summed E-state index contributed by atoms with van der Waals surface area (Å²) >= 11 is 0. The maximum Gasteiger partial charge on any atom is 0.305 e. The standard InChI is InChI=1S/C11H17N5O2/c1-2-15(9-3-4-9)6-5-12-11-13-7-10(8-14-11)16(17)18/h7-9H,2-6H2,1H3,(H,12,13,14). The first-order valence-corrected chi connectivity index (χ1v) is 6.15. The number of nitrogens with one attached hydrogen (secondary N) is 1. The molecule has 7 heteroatoms. The lowest BCUT2D eigenvalue weighted by Crippen LogP contribution is -2.31. The van der Waals surface area contributed by atoms with E-state index in [0.29, 0.717) is 5.95 Å². The zero-order chi connectivity index (χ0) is 13.0. The highest BCUT2D eigenvalue weighted by Gasteiger charge is 2.27. The van der Waals surface area contributed by atoms with Crippen LogP contribution in [-0.2, 0) is 0 Å². The summed E-state index contributed by atoms with van der Waals surface area (Å²) in [7, 11) is 0. The van der Waals surface area contributed by atoms with E-state index < -0.39 is 4.92 Å². The van der Waals surface area contributed by atoms with Crippen LogP contribution in [0.15, 0.2) is 12.4 Å². The SMILES string of the molecule is CCN(CCNc1ncc([N+](=O)[O-])cn1)C1CC1. The second-order valence-corrected chi connectivity index (χ2v) is 4.31. The van der Waals surface area contributed by atoms with E-state index in [2.05, 4.69) is 27.1 Å². The highest BCUT2D eigenvalue weighted by atomic mass is 16.6. The van der Waals surface area contributed by atoms with Crippen LogP contribution in [0.25, 0.3) is 0 Å². The molecule has 1 fully saturated rings. The first kappa shape index (κ1) is 12.7. The van der Waals surface area contributed by atoms with Crippen LogP contribution in [0.4, 0.5) is 11.6 Å². The van der Waals surface area contributed by atoms with Crippen LogP contribution in [0.2, 0.25) is 0 Å². The second-order valence-electron chi connectivity index (χ2n) is 4.31. The van der Waals surface area contributed by atoms with Crippen LogP contribution in [0.1, 0.15) is 19.8 Å². The number of anilines is 1. The molecule has 1 aliphatic rings. The molecule has 2 rings (SSSR count). The Morgan fingerprint density at radius 2 is 2.17 bits per heavy atom. The van der Waals surface area contributed by atoms with E-state index in [1.165, 1.54) is 25.2 Å². The monoisotopic (exact) mass is 251 g/mol. The van der Waals surface area contributed by atoms with Gasteiger partial charge in [-0.3, -0.25) is 15.0 Å². The molecule has 1 aliphatic carbocycles. The van der Waals surface area contributed by atoms with Crippen molar-refractivity contribution in [2.45, 2.75) is 25.8 Å². The molecule has 7 nitrogen and oxygen atoms in total. The molecule has 0 saturated heterocycles. The number of rotatable bonds is 7. The summed E-state index contributed by atoms with van der Waals surface area (Å²) in [5.41, 5.74) is -0.0892. The molecular weight excluding hydrogens is 234 g/mol. The van der Waals surface area contributed by atoms with Gasteiger partial charge in [0.2, 0.25) is 5.95 Å². The molecule has 0 atom stereocenters. The fourth-order valence-electron chi connectivity index (χ4n) is 1.86. The van der Waals surface area contributed by atoms with Crippen molar-refractivity contribution in [1.82, 2.24) is 14.9 Å². The third kappa shape index (κ3) is 3.36. The Bertz CT molecular complexity index is 404. The van der Waals surface area contributed by atoms with Gasteiger partial charge in [0.1, 0.15) is 12.4 Å². The minimum atomic E-state index is -0.504. The van der Waals surface area contributed by atoms with Crippen molar-refractivity contribution >= 4 is 11.6 Å². The molecular formula is C11H17N5O2. The summed E-state index contributed by atoms with van der Waals surface area (Å²) in [6.45, 7) is 4.90. The molecule has 1 N–H and O–H groups in total. The number of nitro groups is 1. The van der Waals surface area contributed by atoms with Gasteiger partial charge in [0.15, 0.2) is 0 Å². The predicted octanol–water partition coefficient (Wildman–Crippen LogP) is 1.28. The topological polar surface area (TPSA) is 84.2 Å². The summed E-state index contributed by atoms with van der Waals surface area (Å²) in [5.74, 6) is 0.437. The largest absolute Gasteiger partial charge is 0.353 e. The fourth-order valence-corrected chi connectivity index (χ4v) is 1.86. The Balaban J connectivity index is 1.77. The van der Waals surface area contributed by atoms with Crippen LogP contribution in [0.3, 0.4) is 0 Å². The number of aromatic nitrogens is 2. The lowest BCUT2D eigenvalue weighted by molar-refractivity contribution is -0.385. The van der Waals surface area contributed by atoms with Gasteiger partial charge < -0.3 is 5.32 Å². The number of nitrogens with zero attached hydrogens (tertiary/aromatic N) is 4. The molecule has 0 aliphatic heterocycles. The lowest BCUT2D eigenvalue weighted by atomic mass is 10.4. The second kappa shape index (κ2) is 5.72. The molecule has 18 heavy (non-hydrogen) atoms. The van der Waals surface area contributed by atoms with Crippen molar-refractivity contribution in [3.05, 3.63) is 22.5 Å². The molecule has 0 radical (unpaired) electrons. The van der Waals surface area contributed by atoms with Crippen LogP contribution < -0.4 is 5.32 Å². The molecule has 0 unspecified atom stereocenters. The van der Waals surface area contributed by atoms with E-state index in [9.17, 15) is 10.1 Å². The van der Waals surface area contributed by atoms with Gasteiger partial charge >= 0.3 is 5.69 Å². The van der Waals surface area contributed by atoms with E-state index in [-0.39, 0.29) is 5.69 Å². The fraction of sp³-hybridized carbons (Fsp3) is 0.636. The smallest absolute Gasteiger partial charge is 0.305 e. The average Bonchev–Trinajstić information content (AvgIpc) is 3.19. The van der Waals surface area contributed by atoms with E-state index >= 15 is 0 Å². The molecule has 0 amide bonds. The van der Waals surface area contributed by atoms with Crippen LogP contribution in [0.5, 0.6) is 0 Å². The highest BCUT2D eigenvalue weighted by molar-refractivity contribution is 5.30. The van der Waals surface area contributed by atoms with Crippen molar-refractivity contribution in [3.63, 3.8) is 0 Å². The Morgan fingerprint density at radius 3 is 2.67 bits per heavy atom. The van der Waals surface area contributed by atoms with Gasteiger partial charge in [0.25, 0.3) is 0 Å². The third-order valence-corrected chi connectivity index (χ3v) is 3.00. The molecule has 1 aromatic heterocycles. The van der Waals surface area contributed by atoms with Crippen molar-refractivity contribution in [1.29, 1.82) is 0 Å². The Hall–Kier alpha value is -1.76. The predicted molar refractivity (Wildman–Crippen MR) is 67.4 cm³/mol. The molecule has 1 heterocycles. The maximum absolute atomic E-state index is 10.4. The Labute approximate surface area is 105 Å². The lowest BCUT2D eigenvalue weighted by Gasteiger charge is -2.19. The molecule has 0 spiro atoms. The number of hydrogen-bond acceptors (Lipinski definition) is 6. The van der Waals surface area contributed by atoms with Crippen LogP contribution in [0, 0.1) is 10.1 Å². The third-order valence-electron chi connectivity index (χ3n) is 3.00. The van der Waals surface area contributed by atoms with Crippen LogP contribution >= 0.6 is 0 Å². The van der Waals surface area contributed by atoms with Crippen LogP contribution in [-0.4, -0.2) is 45.5 Å². The van der Waals surface area contributed by atoms with Gasteiger partial charge in [-0.2, -0.15) is 0 Å². The van der Waals surface area contributed by atoms with Crippen molar-refractivity contribution < 1.29 is 4.92 Å². The Kier molecular flexibility index (Phi) is 4.03. The van der Waals surface area contributed by atoms with E-state index in [1.54, 1.807) is 0 Å². The maximum atomic E-state index is 10.4. The Morgan fingerprint density at radius 1 is 1.50 bits per heavy atom. The average molecular weight is 251 g/mol. The minimum Gasteiger partial charge on any atom is -0.353 e. The number of likely N-dealkylation sites (N-methyl/N-ethyl adjacent to an activating group) is 1. The van der Waals surface area contributed by atoms with Gasteiger partial charge in [-0.05, 0) is 19.4 Å². The normalized spacial score (nSPS) is 14.8. The number of hydrogen-bond donors (Lipinski definition) is 1. The minimum absolute atomic E-state index is 0.0892. The van der Waals surface area contributed by atoms with Gasteiger partial charge in [0, 0.05) is 19.1 Å². The van der Waals surface area contributed by atoms with Crippen molar-refractivity contribution in [2.24, 2.45) is 0 Å². The molecule has 0 bridgehead atoms. The summed E-state index contributed by atoms with van der Waals surface area (Å²) in [6.07, 6.45) is 5.02. The highest BCUT2D eigenvalue weighted by Crippen LogP contribution is 2.25. The summed E-state index contributed by atoms with van der Waals surface area (Å²) < 4.78 is 0. The van der Waals surface area contributed by atoms with Gasteiger partial charge in [-0.15, -0.1) is 0 Å². The summed E-state index contributed by atoms with van der Waals surface area (Å²) in [6, 6.07) is 0.745. The quantitative estimate of drug-likeness (QED) is 0.580. The molecule has 1 aromatic rings. The van der Waals surface area contributed by atoms with E-state index in [1.807, 2.05) is 0 Å². The van der Waals surface area contributed by atoms with Gasteiger partial charge in [0.05, 0.1) is 4.92 Å². The summed E-state index contributed by atoms with van der Waals surface area (Å²) in [4.78, 5) is 20.1. The zero-order valence-electron chi connectivity index (χ0n) is 10.4. The van der Waals surface area contributed by atoms with Crippen molar-refractivity contribution in [3.8, 4) is 0 Å². The van der Waals surface area contributed by atoms with Crippen molar-refractivity contribution in [2.75, 3.05) is 25.0 Å². The first-order chi connectivity index (χ1) is 8.70. The molecule has 98 valence electrons. The molecule has 1 saturated carbocycles. The van der Waals surface area contributed by atoms with Gasteiger partial charge in [-0.1, -0.05) is 6.92 Å². The zero-order valence-corrected chi connectivity index (χ0v) is 10.4. The van der Waals surface area contributed by atoms with E-state index in [0.717, 1.165) is 25.7 Å². The van der Waals surface area contributed by atoms with E-state index in [4.69, 9.17) is 0 Å². The van der Waals surface area contributed by atoms with Gasteiger partial charge in [-0.25, -0.2) is 9.97 Å². The molecule has 0 aromatic carbocycles. The summed E-state index contributed by atoms with van der Waals surface area (Å²) in [5, 5.41) is 13.5.